The van der Waals surface area contributed by atoms with Crippen LogP contribution in [-0.4, -0.2) is 31.1 Å². The highest BCUT2D eigenvalue weighted by atomic mass is 16.7. The fourth-order valence-corrected chi connectivity index (χ4v) is 1.31. The predicted molar refractivity (Wildman–Crippen MR) is 43.8 cm³/mol. The van der Waals surface area contributed by atoms with Gasteiger partial charge in [0.25, 0.3) is 0 Å². The fourth-order valence-electron chi connectivity index (χ4n) is 1.31. The van der Waals surface area contributed by atoms with E-state index in [1.54, 1.807) is 6.08 Å². The first-order chi connectivity index (χ1) is 6.29. The van der Waals surface area contributed by atoms with Gasteiger partial charge in [-0.25, -0.2) is 4.79 Å². The quantitative estimate of drug-likeness (QED) is 0.352. The number of hydrogen-bond donors (Lipinski definition) is 0. The van der Waals surface area contributed by atoms with Gasteiger partial charge in [-0.1, -0.05) is 12.7 Å². The topological polar surface area (TPSA) is 44.8 Å². The van der Waals surface area contributed by atoms with Crippen molar-refractivity contribution in [1.29, 1.82) is 0 Å². The van der Waals surface area contributed by atoms with Crippen LogP contribution in [-0.2, 0) is 19.0 Å². The highest BCUT2D eigenvalue weighted by Gasteiger charge is 2.36. The van der Waals surface area contributed by atoms with Gasteiger partial charge in [0.15, 0.2) is 12.4 Å². The molecule has 2 aliphatic rings. The SMILES string of the molecule is C=CC(=O)O[C@H]1C=C[C@H]2CO[C@@H]1O2. The van der Waals surface area contributed by atoms with E-state index in [9.17, 15) is 4.79 Å². The number of ether oxygens (including phenoxy) is 3. The maximum atomic E-state index is 10.9. The summed E-state index contributed by atoms with van der Waals surface area (Å²) in [5.74, 6) is -0.466. The van der Waals surface area contributed by atoms with Crippen LogP contribution >= 0.6 is 0 Å². The van der Waals surface area contributed by atoms with Gasteiger partial charge in [-0.05, 0) is 6.08 Å². The minimum absolute atomic E-state index is 0.0173. The molecule has 70 valence electrons. The summed E-state index contributed by atoms with van der Waals surface area (Å²) in [7, 11) is 0. The summed E-state index contributed by atoms with van der Waals surface area (Å²) in [4.78, 5) is 10.9. The van der Waals surface area contributed by atoms with E-state index in [0.717, 1.165) is 6.08 Å². The van der Waals surface area contributed by atoms with Gasteiger partial charge in [-0.15, -0.1) is 0 Å². The molecule has 0 amide bonds. The molecule has 0 aliphatic carbocycles. The van der Waals surface area contributed by atoms with E-state index in [0.29, 0.717) is 6.61 Å². The van der Waals surface area contributed by atoms with Crippen molar-refractivity contribution >= 4 is 5.97 Å². The molecule has 13 heavy (non-hydrogen) atoms. The minimum Gasteiger partial charge on any atom is -0.450 e. The van der Waals surface area contributed by atoms with Crippen LogP contribution in [0.15, 0.2) is 24.8 Å². The molecule has 2 bridgehead atoms. The molecule has 0 aromatic rings. The van der Waals surface area contributed by atoms with E-state index in [-0.39, 0.29) is 6.10 Å². The third-order valence-corrected chi connectivity index (χ3v) is 1.94. The molecule has 0 saturated carbocycles. The molecule has 0 unspecified atom stereocenters. The second kappa shape index (κ2) is 3.32. The van der Waals surface area contributed by atoms with Gasteiger partial charge in [0.1, 0.15) is 6.10 Å². The maximum absolute atomic E-state index is 10.9. The van der Waals surface area contributed by atoms with Gasteiger partial charge in [-0.3, -0.25) is 0 Å². The molecule has 4 heteroatoms. The Labute approximate surface area is 75.8 Å². The Bertz CT molecular complexity index is 258. The molecule has 0 aromatic heterocycles. The number of rotatable bonds is 2. The van der Waals surface area contributed by atoms with Crippen molar-refractivity contribution in [2.75, 3.05) is 6.61 Å². The first-order valence-corrected chi connectivity index (χ1v) is 4.08. The van der Waals surface area contributed by atoms with Crippen molar-refractivity contribution in [2.24, 2.45) is 0 Å². The molecular formula is C9H10O4. The Kier molecular flexibility index (Phi) is 2.16. The summed E-state index contributed by atoms with van der Waals surface area (Å²) in [5, 5.41) is 0. The molecule has 0 aromatic carbocycles. The van der Waals surface area contributed by atoms with Gasteiger partial charge in [0.05, 0.1) is 6.61 Å². The summed E-state index contributed by atoms with van der Waals surface area (Å²) >= 11 is 0. The molecule has 2 rings (SSSR count). The molecule has 0 spiro atoms. The molecule has 0 radical (unpaired) electrons. The molecule has 4 nitrogen and oxygen atoms in total. The van der Waals surface area contributed by atoms with Crippen molar-refractivity contribution in [1.82, 2.24) is 0 Å². The Morgan fingerprint density at radius 2 is 2.46 bits per heavy atom. The molecule has 3 atom stereocenters. The molecule has 0 N–H and O–H groups in total. The molecule has 1 fully saturated rings. The molecule has 2 heterocycles. The van der Waals surface area contributed by atoms with E-state index in [4.69, 9.17) is 14.2 Å². The van der Waals surface area contributed by atoms with E-state index in [2.05, 4.69) is 6.58 Å². The number of fused-ring (bicyclic) bond motifs is 2. The van der Waals surface area contributed by atoms with Crippen LogP contribution in [0.1, 0.15) is 0 Å². The summed E-state index contributed by atoms with van der Waals surface area (Å²) in [6.07, 6.45) is 3.87. The molecule has 1 saturated heterocycles. The third-order valence-electron chi connectivity index (χ3n) is 1.94. The van der Waals surface area contributed by atoms with Crippen molar-refractivity contribution < 1.29 is 19.0 Å². The van der Waals surface area contributed by atoms with Crippen LogP contribution in [0.25, 0.3) is 0 Å². The Morgan fingerprint density at radius 3 is 3.23 bits per heavy atom. The first-order valence-electron chi connectivity index (χ1n) is 4.08. The fraction of sp³-hybridized carbons (Fsp3) is 0.444. The summed E-state index contributed by atoms with van der Waals surface area (Å²) < 4.78 is 15.6. The van der Waals surface area contributed by atoms with Gasteiger partial charge in [-0.2, -0.15) is 0 Å². The van der Waals surface area contributed by atoms with E-state index < -0.39 is 18.4 Å². The van der Waals surface area contributed by atoms with Gasteiger partial charge in [0, 0.05) is 6.08 Å². The smallest absolute Gasteiger partial charge is 0.330 e. The van der Waals surface area contributed by atoms with Crippen LogP contribution < -0.4 is 0 Å². The maximum Gasteiger partial charge on any atom is 0.330 e. The average Bonchev–Trinajstić information content (AvgIpc) is 2.54. The molecular weight excluding hydrogens is 172 g/mol. The van der Waals surface area contributed by atoms with Crippen LogP contribution in [0.2, 0.25) is 0 Å². The zero-order valence-electron chi connectivity index (χ0n) is 7.01. The Morgan fingerprint density at radius 1 is 1.62 bits per heavy atom. The lowest BCUT2D eigenvalue weighted by atomic mass is 10.2. The standard InChI is InChI=1S/C9H10O4/c1-2-8(10)13-7-4-3-6-5-11-9(7)12-6/h2-4,6-7,9H,1,5H2/t6-,7-,9+/m0/s1. The minimum atomic E-state index is -0.466. The summed E-state index contributed by atoms with van der Waals surface area (Å²) in [6, 6.07) is 0. The average molecular weight is 182 g/mol. The predicted octanol–water partition coefficient (Wildman–Crippen LogP) is 0.395. The number of carbonyl (C=O) groups is 1. The van der Waals surface area contributed by atoms with Crippen molar-refractivity contribution in [3.8, 4) is 0 Å². The Hall–Kier alpha value is -1.13. The van der Waals surface area contributed by atoms with E-state index in [1.807, 2.05) is 6.08 Å². The van der Waals surface area contributed by atoms with Crippen LogP contribution in [0, 0.1) is 0 Å². The van der Waals surface area contributed by atoms with Crippen LogP contribution in [0.4, 0.5) is 0 Å². The lowest BCUT2D eigenvalue weighted by Gasteiger charge is -2.21. The zero-order valence-corrected chi connectivity index (χ0v) is 7.01. The number of hydrogen-bond acceptors (Lipinski definition) is 4. The van der Waals surface area contributed by atoms with E-state index in [1.165, 1.54) is 0 Å². The third kappa shape index (κ3) is 1.64. The lowest BCUT2D eigenvalue weighted by Crippen LogP contribution is -2.32. The van der Waals surface area contributed by atoms with Gasteiger partial charge >= 0.3 is 5.97 Å². The normalized spacial score (nSPS) is 35.8. The van der Waals surface area contributed by atoms with E-state index >= 15 is 0 Å². The summed E-state index contributed by atoms with van der Waals surface area (Å²) in [6.45, 7) is 3.84. The van der Waals surface area contributed by atoms with Gasteiger partial charge < -0.3 is 14.2 Å². The van der Waals surface area contributed by atoms with Crippen molar-refractivity contribution in [2.45, 2.75) is 18.5 Å². The zero-order chi connectivity index (χ0) is 9.26. The first kappa shape index (κ1) is 8.47. The van der Waals surface area contributed by atoms with Crippen LogP contribution in [0.5, 0.6) is 0 Å². The lowest BCUT2D eigenvalue weighted by molar-refractivity contribution is -0.164. The monoisotopic (exact) mass is 182 g/mol. The second-order valence-electron chi connectivity index (χ2n) is 2.87. The highest BCUT2D eigenvalue weighted by Crippen LogP contribution is 2.23. The van der Waals surface area contributed by atoms with Crippen molar-refractivity contribution in [3.63, 3.8) is 0 Å². The largest absolute Gasteiger partial charge is 0.450 e. The summed E-state index contributed by atoms with van der Waals surface area (Å²) in [5.41, 5.74) is 0. The number of esters is 1. The molecule has 2 aliphatic heterocycles. The van der Waals surface area contributed by atoms with Gasteiger partial charge in [0.2, 0.25) is 0 Å². The Balaban J connectivity index is 2.00. The second-order valence-corrected chi connectivity index (χ2v) is 2.87. The highest BCUT2D eigenvalue weighted by molar-refractivity contribution is 5.81. The van der Waals surface area contributed by atoms with Crippen LogP contribution in [0.3, 0.4) is 0 Å². The number of carbonyl (C=O) groups excluding carboxylic acids is 1. The van der Waals surface area contributed by atoms with Crippen molar-refractivity contribution in [3.05, 3.63) is 24.8 Å².